The van der Waals surface area contributed by atoms with E-state index >= 15 is 0 Å². The van der Waals surface area contributed by atoms with Gasteiger partial charge >= 0.3 is 0 Å². The summed E-state index contributed by atoms with van der Waals surface area (Å²) in [6, 6.07) is 7.28. The quantitative estimate of drug-likeness (QED) is 0.534. The van der Waals surface area contributed by atoms with Gasteiger partial charge in [-0.15, -0.1) is 6.58 Å². The monoisotopic (exact) mass is 231 g/mol. The van der Waals surface area contributed by atoms with E-state index in [1.807, 2.05) is 13.0 Å². The minimum absolute atomic E-state index is 0.553. The molecule has 3 heteroatoms. The Balaban J connectivity index is 2.69. The lowest BCUT2D eigenvalue weighted by Crippen LogP contribution is -2.01. The fourth-order valence-corrected chi connectivity index (χ4v) is 1.37. The highest BCUT2D eigenvalue weighted by Crippen LogP contribution is 2.28. The first-order valence-electron chi connectivity index (χ1n) is 5.72. The summed E-state index contributed by atoms with van der Waals surface area (Å²) in [6.45, 7) is 6.74. The average Bonchev–Trinajstić information content (AvgIpc) is 2.36. The standard InChI is InChI=1S/C14H17NO2/c1-3-5-6-9-17-13-8-7-12(11-15)10-14(13)16-4-2/h3,7-8,10H,1,4-6,9H2,2H3. The van der Waals surface area contributed by atoms with Crippen molar-refractivity contribution in [3.8, 4) is 17.6 Å². The van der Waals surface area contributed by atoms with Crippen LogP contribution in [0.3, 0.4) is 0 Å². The molecule has 0 aliphatic carbocycles. The minimum atomic E-state index is 0.553. The molecule has 0 unspecified atom stereocenters. The van der Waals surface area contributed by atoms with Gasteiger partial charge in [0, 0.05) is 6.07 Å². The molecule has 90 valence electrons. The molecule has 0 bridgehead atoms. The van der Waals surface area contributed by atoms with Gasteiger partial charge in [-0.2, -0.15) is 5.26 Å². The van der Waals surface area contributed by atoms with Crippen molar-refractivity contribution in [2.45, 2.75) is 19.8 Å². The van der Waals surface area contributed by atoms with Crippen LogP contribution in [0.25, 0.3) is 0 Å². The van der Waals surface area contributed by atoms with Gasteiger partial charge < -0.3 is 9.47 Å². The first-order valence-corrected chi connectivity index (χ1v) is 5.72. The van der Waals surface area contributed by atoms with Gasteiger partial charge in [0.1, 0.15) is 0 Å². The molecule has 0 N–H and O–H groups in total. The average molecular weight is 231 g/mol. The number of hydrogen-bond donors (Lipinski definition) is 0. The van der Waals surface area contributed by atoms with Gasteiger partial charge in [0.25, 0.3) is 0 Å². The van der Waals surface area contributed by atoms with Crippen LogP contribution in [0.2, 0.25) is 0 Å². The smallest absolute Gasteiger partial charge is 0.162 e. The number of ether oxygens (including phenoxy) is 2. The molecule has 0 fully saturated rings. The van der Waals surface area contributed by atoms with E-state index in [9.17, 15) is 0 Å². The summed E-state index contributed by atoms with van der Waals surface area (Å²) in [6.07, 6.45) is 3.72. The molecule has 0 amide bonds. The predicted octanol–water partition coefficient (Wildman–Crippen LogP) is 3.30. The predicted molar refractivity (Wildman–Crippen MR) is 67.3 cm³/mol. The maximum absolute atomic E-state index is 8.81. The van der Waals surface area contributed by atoms with E-state index in [2.05, 4.69) is 12.6 Å². The SMILES string of the molecule is C=CCCCOc1ccc(C#N)cc1OCC. The molecule has 0 saturated carbocycles. The van der Waals surface area contributed by atoms with Crippen molar-refractivity contribution in [2.75, 3.05) is 13.2 Å². The van der Waals surface area contributed by atoms with E-state index in [1.165, 1.54) is 0 Å². The molecule has 0 heterocycles. The van der Waals surface area contributed by atoms with E-state index in [0.717, 1.165) is 12.8 Å². The largest absolute Gasteiger partial charge is 0.490 e. The number of unbranched alkanes of at least 4 members (excludes halogenated alkanes) is 1. The van der Waals surface area contributed by atoms with E-state index in [0.29, 0.717) is 30.3 Å². The van der Waals surface area contributed by atoms with Crippen LogP contribution in [-0.4, -0.2) is 13.2 Å². The van der Waals surface area contributed by atoms with Crippen LogP contribution in [0.1, 0.15) is 25.3 Å². The van der Waals surface area contributed by atoms with E-state index in [-0.39, 0.29) is 0 Å². The summed E-state index contributed by atoms with van der Waals surface area (Å²) < 4.78 is 11.0. The minimum Gasteiger partial charge on any atom is -0.490 e. The van der Waals surface area contributed by atoms with Crippen LogP contribution in [0.4, 0.5) is 0 Å². The van der Waals surface area contributed by atoms with Crippen molar-refractivity contribution in [2.24, 2.45) is 0 Å². The number of hydrogen-bond acceptors (Lipinski definition) is 3. The zero-order valence-corrected chi connectivity index (χ0v) is 10.1. The number of nitrogens with zero attached hydrogens (tertiary/aromatic N) is 1. The zero-order valence-electron chi connectivity index (χ0n) is 10.1. The van der Waals surface area contributed by atoms with Crippen molar-refractivity contribution in [1.82, 2.24) is 0 Å². The first kappa shape index (κ1) is 13.1. The zero-order chi connectivity index (χ0) is 12.5. The summed E-state index contributed by atoms with van der Waals surface area (Å²) in [5.41, 5.74) is 0.576. The maximum Gasteiger partial charge on any atom is 0.162 e. The van der Waals surface area contributed by atoms with Crippen LogP contribution < -0.4 is 9.47 Å². The Morgan fingerprint density at radius 1 is 1.35 bits per heavy atom. The summed E-state index contributed by atoms with van der Waals surface area (Å²) >= 11 is 0. The molecule has 0 radical (unpaired) electrons. The molecule has 1 rings (SSSR count). The van der Waals surface area contributed by atoms with Gasteiger partial charge in [0.05, 0.1) is 24.8 Å². The lowest BCUT2D eigenvalue weighted by Gasteiger charge is -2.11. The number of allylic oxidation sites excluding steroid dienone is 1. The highest BCUT2D eigenvalue weighted by Gasteiger charge is 2.05. The molecular weight excluding hydrogens is 214 g/mol. The molecule has 0 aromatic heterocycles. The van der Waals surface area contributed by atoms with E-state index in [4.69, 9.17) is 14.7 Å². The molecule has 1 aromatic rings. The molecular formula is C14H17NO2. The molecule has 0 aliphatic rings. The third kappa shape index (κ3) is 4.20. The summed E-state index contributed by atoms with van der Waals surface area (Å²) in [7, 11) is 0. The van der Waals surface area contributed by atoms with Crippen LogP contribution in [0.15, 0.2) is 30.9 Å². The van der Waals surface area contributed by atoms with Gasteiger partial charge in [-0.05, 0) is 31.9 Å². The molecule has 1 aromatic carbocycles. The fourth-order valence-electron chi connectivity index (χ4n) is 1.37. The Morgan fingerprint density at radius 3 is 2.82 bits per heavy atom. The molecule has 17 heavy (non-hydrogen) atoms. The Labute approximate surface area is 102 Å². The molecule has 3 nitrogen and oxygen atoms in total. The fraction of sp³-hybridized carbons (Fsp3) is 0.357. The number of benzene rings is 1. The lowest BCUT2D eigenvalue weighted by atomic mass is 10.2. The normalized spacial score (nSPS) is 9.41. The molecule has 0 aliphatic heterocycles. The second-order valence-electron chi connectivity index (χ2n) is 3.49. The van der Waals surface area contributed by atoms with Crippen LogP contribution in [-0.2, 0) is 0 Å². The Kier molecular flexibility index (Phi) is 5.67. The highest BCUT2D eigenvalue weighted by molar-refractivity contribution is 5.46. The summed E-state index contributed by atoms with van der Waals surface area (Å²) in [5.74, 6) is 1.32. The van der Waals surface area contributed by atoms with Crippen molar-refractivity contribution >= 4 is 0 Å². The Morgan fingerprint density at radius 2 is 2.18 bits per heavy atom. The van der Waals surface area contributed by atoms with Crippen LogP contribution in [0.5, 0.6) is 11.5 Å². The summed E-state index contributed by atoms with van der Waals surface area (Å²) in [4.78, 5) is 0. The first-order chi connectivity index (χ1) is 8.31. The van der Waals surface area contributed by atoms with Crippen molar-refractivity contribution in [3.05, 3.63) is 36.4 Å². The molecule has 0 atom stereocenters. The van der Waals surface area contributed by atoms with Crippen LogP contribution >= 0.6 is 0 Å². The third-order valence-corrected chi connectivity index (χ3v) is 2.18. The van der Waals surface area contributed by atoms with E-state index < -0.39 is 0 Å². The third-order valence-electron chi connectivity index (χ3n) is 2.18. The van der Waals surface area contributed by atoms with Crippen molar-refractivity contribution in [3.63, 3.8) is 0 Å². The molecule has 0 spiro atoms. The van der Waals surface area contributed by atoms with Crippen LogP contribution in [0, 0.1) is 11.3 Å². The van der Waals surface area contributed by atoms with Gasteiger partial charge in [-0.25, -0.2) is 0 Å². The second-order valence-corrected chi connectivity index (χ2v) is 3.49. The second kappa shape index (κ2) is 7.34. The Hall–Kier alpha value is -1.95. The van der Waals surface area contributed by atoms with Gasteiger partial charge in [0.2, 0.25) is 0 Å². The van der Waals surface area contributed by atoms with E-state index in [1.54, 1.807) is 18.2 Å². The Bertz CT molecular complexity index is 407. The number of nitriles is 1. The van der Waals surface area contributed by atoms with Crippen molar-refractivity contribution < 1.29 is 9.47 Å². The van der Waals surface area contributed by atoms with Gasteiger partial charge in [-0.1, -0.05) is 6.08 Å². The summed E-state index contributed by atoms with van der Waals surface area (Å²) in [5, 5.41) is 8.81. The topological polar surface area (TPSA) is 42.2 Å². The highest BCUT2D eigenvalue weighted by atomic mass is 16.5. The van der Waals surface area contributed by atoms with Crippen molar-refractivity contribution in [1.29, 1.82) is 5.26 Å². The number of rotatable bonds is 7. The molecule has 0 saturated heterocycles. The maximum atomic E-state index is 8.81. The van der Waals surface area contributed by atoms with Gasteiger partial charge in [0.15, 0.2) is 11.5 Å². The van der Waals surface area contributed by atoms with Gasteiger partial charge in [-0.3, -0.25) is 0 Å². The lowest BCUT2D eigenvalue weighted by molar-refractivity contribution is 0.274.